The zero-order valence-corrected chi connectivity index (χ0v) is 18.8. The zero-order valence-electron chi connectivity index (χ0n) is 18.0. The lowest BCUT2D eigenvalue weighted by Gasteiger charge is -2.31. The van der Waals surface area contributed by atoms with E-state index in [9.17, 15) is 14.0 Å². The average molecular weight is 452 g/mol. The Hall–Kier alpha value is -3.06. The zero-order chi connectivity index (χ0) is 22.5. The van der Waals surface area contributed by atoms with Crippen molar-refractivity contribution in [3.05, 3.63) is 87.1 Å². The maximum absolute atomic E-state index is 13.1. The topological polar surface area (TPSA) is 62.3 Å². The molecule has 1 fully saturated rings. The number of nitrogens with one attached hydrogen (secondary N) is 1. The molecule has 166 valence electrons. The third kappa shape index (κ3) is 5.40. The highest BCUT2D eigenvalue weighted by Gasteiger charge is 2.29. The third-order valence-corrected chi connectivity index (χ3v) is 6.91. The van der Waals surface area contributed by atoms with E-state index < -0.39 is 0 Å². The van der Waals surface area contributed by atoms with Crippen LogP contribution >= 0.6 is 11.3 Å². The van der Waals surface area contributed by atoms with E-state index in [1.54, 1.807) is 12.1 Å². The average Bonchev–Trinajstić information content (AvgIpc) is 3.19. The van der Waals surface area contributed by atoms with Crippen LogP contribution < -0.4 is 5.32 Å². The minimum absolute atomic E-state index is 0.0199. The quantitative estimate of drug-likeness (QED) is 0.606. The molecule has 2 amide bonds. The Morgan fingerprint density at radius 1 is 1.06 bits per heavy atom. The highest BCUT2D eigenvalue weighted by molar-refractivity contribution is 7.13. The van der Waals surface area contributed by atoms with Crippen LogP contribution in [0.1, 0.15) is 44.3 Å². The van der Waals surface area contributed by atoms with Crippen molar-refractivity contribution < 1.29 is 14.0 Å². The van der Waals surface area contributed by atoms with Crippen molar-refractivity contribution in [3.8, 4) is 0 Å². The molecule has 0 aliphatic carbocycles. The van der Waals surface area contributed by atoms with Crippen LogP contribution in [-0.2, 0) is 17.8 Å². The number of hydrogen-bond acceptors (Lipinski definition) is 4. The van der Waals surface area contributed by atoms with E-state index in [0.717, 1.165) is 21.8 Å². The molecule has 0 unspecified atom stereocenters. The molecule has 7 heteroatoms. The Balaban J connectivity index is 1.30. The Bertz CT molecular complexity index is 1070. The molecule has 1 aliphatic heterocycles. The first-order valence-corrected chi connectivity index (χ1v) is 11.6. The summed E-state index contributed by atoms with van der Waals surface area (Å²) in [6, 6.07) is 16.2. The number of likely N-dealkylation sites (tertiary alicyclic amines) is 1. The molecule has 0 saturated carbocycles. The summed E-state index contributed by atoms with van der Waals surface area (Å²) in [6.45, 7) is 3.50. The summed E-state index contributed by atoms with van der Waals surface area (Å²) < 4.78 is 13.1. The van der Waals surface area contributed by atoms with E-state index in [0.29, 0.717) is 43.8 Å². The van der Waals surface area contributed by atoms with Crippen LogP contribution in [0.25, 0.3) is 0 Å². The van der Waals surface area contributed by atoms with E-state index in [4.69, 9.17) is 0 Å². The number of benzene rings is 2. The fourth-order valence-electron chi connectivity index (χ4n) is 3.92. The molecule has 3 aromatic rings. The Morgan fingerprint density at radius 3 is 2.44 bits per heavy atom. The molecular weight excluding hydrogens is 425 g/mol. The fraction of sp³-hybridized carbons (Fsp3) is 0.320. The van der Waals surface area contributed by atoms with Crippen molar-refractivity contribution in [1.82, 2.24) is 15.2 Å². The molecule has 1 N–H and O–H groups in total. The molecule has 1 aliphatic rings. The number of amides is 2. The number of thiazole rings is 1. The summed E-state index contributed by atoms with van der Waals surface area (Å²) in [4.78, 5) is 32.6. The van der Waals surface area contributed by atoms with Gasteiger partial charge in [0.15, 0.2) is 0 Å². The Morgan fingerprint density at radius 2 is 1.75 bits per heavy atom. The molecule has 4 rings (SSSR count). The largest absolute Gasteiger partial charge is 0.352 e. The van der Waals surface area contributed by atoms with Crippen LogP contribution in [-0.4, -0.2) is 34.8 Å². The standard InChI is InChI=1S/C25H26FN3O2S/c1-17-23(32-22(28-17)15-18-7-9-21(26)10-8-18)25(31)29-13-11-20(12-14-29)24(30)27-16-19-5-3-2-4-6-19/h2-10,20H,11-16H2,1H3,(H,27,30). The number of nitrogens with zero attached hydrogens (tertiary/aromatic N) is 2. The lowest BCUT2D eigenvalue weighted by Crippen LogP contribution is -2.42. The van der Waals surface area contributed by atoms with Crippen molar-refractivity contribution >= 4 is 23.2 Å². The predicted molar refractivity (Wildman–Crippen MR) is 123 cm³/mol. The van der Waals surface area contributed by atoms with E-state index in [-0.39, 0.29) is 23.5 Å². The number of piperidine rings is 1. The summed E-state index contributed by atoms with van der Waals surface area (Å²) in [6.07, 6.45) is 1.89. The van der Waals surface area contributed by atoms with Gasteiger partial charge in [-0.15, -0.1) is 11.3 Å². The van der Waals surface area contributed by atoms with Crippen molar-refractivity contribution in [1.29, 1.82) is 0 Å². The number of carbonyl (C=O) groups is 2. The molecule has 2 aromatic carbocycles. The molecule has 32 heavy (non-hydrogen) atoms. The van der Waals surface area contributed by atoms with Gasteiger partial charge in [0.2, 0.25) is 5.91 Å². The van der Waals surface area contributed by atoms with Gasteiger partial charge in [0, 0.05) is 32.0 Å². The molecule has 5 nitrogen and oxygen atoms in total. The third-order valence-electron chi connectivity index (χ3n) is 5.77. The van der Waals surface area contributed by atoms with Crippen molar-refractivity contribution in [3.63, 3.8) is 0 Å². The maximum atomic E-state index is 13.1. The van der Waals surface area contributed by atoms with Gasteiger partial charge in [0.1, 0.15) is 10.7 Å². The van der Waals surface area contributed by atoms with Crippen LogP contribution in [0.15, 0.2) is 54.6 Å². The lowest BCUT2D eigenvalue weighted by atomic mass is 9.95. The van der Waals surface area contributed by atoms with E-state index in [1.807, 2.05) is 42.2 Å². The smallest absolute Gasteiger partial charge is 0.265 e. The van der Waals surface area contributed by atoms with Gasteiger partial charge in [-0.05, 0) is 43.0 Å². The van der Waals surface area contributed by atoms with E-state index in [2.05, 4.69) is 10.3 Å². The summed E-state index contributed by atoms with van der Waals surface area (Å²) in [7, 11) is 0. The van der Waals surface area contributed by atoms with Crippen molar-refractivity contribution in [2.75, 3.05) is 13.1 Å². The van der Waals surface area contributed by atoms with Gasteiger partial charge in [-0.3, -0.25) is 9.59 Å². The molecule has 2 heterocycles. The van der Waals surface area contributed by atoms with Gasteiger partial charge in [-0.25, -0.2) is 9.37 Å². The van der Waals surface area contributed by atoms with Gasteiger partial charge in [-0.1, -0.05) is 42.5 Å². The second-order valence-electron chi connectivity index (χ2n) is 8.10. The molecule has 0 spiro atoms. The molecule has 0 bridgehead atoms. The number of hydrogen-bond donors (Lipinski definition) is 1. The second-order valence-corrected chi connectivity index (χ2v) is 9.18. The van der Waals surface area contributed by atoms with Crippen LogP contribution in [0.3, 0.4) is 0 Å². The lowest BCUT2D eigenvalue weighted by molar-refractivity contribution is -0.126. The van der Waals surface area contributed by atoms with E-state index in [1.165, 1.54) is 23.5 Å². The van der Waals surface area contributed by atoms with Gasteiger partial charge in [0.05, 0.1) is 10.7 Å². The predicted octanol–water partition coefficient (Wildman–Crippen LogP) is 4.35. The van der Waals surface area contributed by atoms with Gasteiger partial charge in [0.25, 0.3) is 5.91 Å². The van der Waals surface area contributed by atoms with Crippen molar-refractivity contribution in [2.24, 2.45) is 5.92 Å². The SMILES string of the molecule is Cc1nc(Cc2ccc(F)cc2)sc1C(=O)N1CCC(C(=O)NCc2ccccc2)CC1. The number of rotatable bonds is 6. The minimum atomic E-state index is -0.267. The summed E-state index contributed by atoms with van der Waals surface area (Å²) in [5.41, 5.74) is 2.76. The minimum Gasteiger partial charge on any atom is -0.352 e. The monoisotopic (exact) mass is 451 g/mol. The number of aryl methyl sites for hydroxylation is 1. The van der Waals surface area contributed by atoms with Crippen LogP contribution in [0, 0.1) is 18.7 Å². The van der Waals surface area contributed by atoms with Crippen molar-refractivity contribution in [2.45, 2.75) is 32.7 Å². The van der Waals surface area contributed by atoms with Crippen LogP contribution in [0.5, 0.6) is 0 Å². The first-order chi connectivity index (χ1) is 15.5. The molecular formula is C25H26FN3O2S. The van der Waals surface area contributed by atoms with Gasteiger partial charge >= 0.3 is 0 Å². The highest BCUT2D eigenvalue weighted by atomic mass is 32.1. The fourth-order valence-corrected chi connectivity index (χ4v) is 4.99. The first kappa shape index (κ1) is 22.1. The summed E-state index contributed by atoms with van der Waals surface area (Å²) in [5, 5.41) is 3.85. The van der Waals surface area contributed by atoms with Crippen LogP contribution in [0.2, 0.25) is 0 Å². The normalized spacial score (nSPS) is 14.4. The Kier molecular flexibility index (Phi) is 6.95. The summed E-state index contributed by atoms with van der Waals surface area (Å²) >= 11 is 1.40. The van der Waals surface area contributed by atoms with Gasteiger partial charge in [-0.2, -0.15) is 0 Å². The second kappa shape index (κ2) is 10.0. The molecule has 0 radical (unpaired) electrons. The maximum Gasteiger partial charge on any atom is 0.265 e. The van der Waals surface area contributed by atoms with Gasteiger partial charge < -0.3 is 10.2 Å². The number of aromatic nitrogens is 1. The molecule has 0 atom stereocenters. The van der Waals surface area contributed by atoms with E-state index >= 15 is 0 Å². The summed E-state index contributed by atoms with van der Waals surface area (Å²) in [5.74, 6) is -0.304. The highest BCUT2D eigenvalue weighted by Crippen LogP contribution is 2.25. The molecule has 1 saturated heterocycles. The number of halogens is 1. The van der Waals surface area contributed by atoms with Crippen LogP contribution in [0.4, 0.5) is 4.39 Å². The number of carbonyl (C=O) groups excluding carboxylic acids is 2. The molecule has 1 aromatic heterocycles. The first-order valence-electron chi connectivity index (χ1n) is 10.8. The Labute approximate surface area is 191 Å².